The number of likely N-dealkylation sites (tertiary alicyclic amines) is 2. The molecule has 8 heteroatoms. The Morgan fingerprint density at radius 2 is 1.90 bits per heavy atom. The first kappa shape index (κ1) is 20.8. The van der Waals surface area contributed by atoms with Gasteiger partial charge >= 0.3 is 0 Å². The largest absolute Gasteiger partial charge is 0.380 e. The maximum Gasteiger partial charge on any atom is 0.255 e. The highest BCUT2D eigenvalue weighted by Crippen LogP contribution is 2.34. The van der Waals surface area contributed by atoms with Crippen LogP contribution in [0, 0.1) is 0 Å². The zero-order chi connectivity index (χ0) is 20.4. The molecule has 0 saturated carbocycles. The van der Waals surface area contributed by atoms with Crippen LogP contribution in [0.3, 0.4) is 0 Å². The minimum absolute atomic E-state index is 0.107. The standard InChI is InChI=1S/C21H35N5O3/c1-23-10-6-21(28,7-11-23)20(27)26-12-13-29-18(16-25-8-4-3-5-9-25)19(26)17-14-22-24(2)15-17/h14-15,18-19,28H,3-13,16H2,1-2H3/t18-,19-/m0/s1. The molecule has 1 aromatic heterocycles. The van der Waals surface area contributed by atoms with E-state index in [4.69, 9.17) is 4.74 Å². The van der Waals surface area contributed by atoms with E-state index in [1.807, 2.05) is 31.4 Å². The van der Waals surface area contributed by atoms with E-state index in [1.165, 1.54) is 19.3 Å². The molecule has 0 spiro atoms. The molecule has 3 saturated heterocycles. The minimum Gasteiger partial charge on any atom is -0.380 e. The van der Waals surface area contributed by atoms with Crippen LogP contribution in [0.5, 0.6) is 0 Å². The number of nitrogens with zero attached hydrogens (tertiary/aromatic N) is 5. The third kappa shape index (κ3) is 4.50. The molecule has 0 aliphatic carbocycles. The Kier molecular flexibility index (Phi) is 6.24. The molecule has 162 valence electrons. The molecule has 3 fully saturated rings. The van der Waals surface area contributed by atoms with Gasteiger partial charge in [-0.3, -0.25) is 9.48 Å². The number of aromatic nitrogens is 2. The number of carbonyl (C=O) groups excluding carboxylic acids is 1. The van der Waals surface area contributed by atoms with Crippen molar-refractivity contribution in [1.82, 2.24) is 24.5 Å². The molecular formula is C21H35N5O3. The molecule has 4 heterocycles. The monoisotopic (exact) mass is 405 g/mol. The Morgan fingerprint density at radius 1 is 1.17 bits per heavy atom. The number of amides is 1. The fourth-order valence-electron chi connectivity index (χ4n) is 4.97. The van der Waals surface area contributed by atoms with Crippen LogP contribution in [0.1, 0.15) is 43.7 Å². The molecule has 0 radical (unpaired) electrons. The molecule has 1 aromatic rings. The zero-order valence-corrected chi connectivity index (χ0v) is 17.8. The summed E-state index contributed by atoms with van der Waals surface area (Å²) in [7, 11) is 3.93. The molecular weight excluding hydrogens is 370 g/mol. The van der Waals surface area contributed by atoms with Gasteiger partial charge in [0.2, 0.25) is 0 Å². The van der Waals surface area contributed by atoms with Crippen molar-refractivity contribution >= 4 is 5.91 Å². The van der Waals surface area contributed by atoms with Crippen molar-refractivity contribution < 1.29 is 14.6 Å². The molecule has 0 unspecified atom stereocenters. The van der Waals surface area contributed by atoms with Crippen molar-refractivity contribution in [2.45, 2.75) is 49.9 Å². The number of hydrogen-bond donors (Lipinski definition) is 1. The minimum atomic E-state index is -1.28. The second-order valence-electron chi connectivity index (χ2n) is 9.00. The Balaban J connectivity index is 1.57. The highest BCUT2D eigenvalue weighted by Gasteiger charge is 2.46. The topological polar surface area (TPSA) is 74.1 Å². The van der Waals surface area contributed by atoms with E-state index >= 15 is 0 Å². The summed E-state index contributed by atoms with van der Waals surface area (Å²) in [6, 6.07) is -0.212. The van der Waals surface area contributed by atoms with E-state index in [9.17, 15) is 9.90 Å². The lowest BCUT2D eigenvalue weighted by Gasteiger charge is -2.46. The van der Waals surface area contributed by atoms with Crippen LogP contribution in [-0.4, -0.2) is 100 Å². The summed E-state index contributed by atoms with van der Waals surface area (Å²) in [5, 5.41) is 15.5. The normalized spacial score (nSPS) is 29.1. The van der Waals surface area contributed by atoms with Crippen molar-refractivity contribution in [2.75, 3.05) is 52.9 Å². The number of aliphatic hydroxyl groups is 1. The average Bonchev–Trinajstić information content (AvgIpc) is 3.16. The van der Waals surface area contributed by atoms with E-state index in [2.05, 4.69) is 14.9 Å². The van der Waals surface area contributed by atoms with Gasteiger partial charge in [-0.15, -0.1) is 0 Å². The van der Waals surface area contributed by atoms with Crippen LogP contribution in [0.25, 0.3) is 0 Å². The quantitative estimate of drug-likeness (QED) is 0.792. The van der Waals surface area contributed by atoms with Crippen LogP contribution in [0.4, 0.5) is 0 Å². The maximum absolute atomic E-state index is 13.6. The predicted molar refractivity (Wildman–Crippen MR) is 109 cm³/mol. The van der Waals surface area contributed by atoms with Crippen molar-refractivity contribution in [2.24, 2.45) is 7.05 Å². The second-order valence-corrected chi connectivity index (χ2v) is 9.00. The summed E-state index contributed by atoms with van der Waals surface area (Å²) in [4.78, 5) is 20.1. The predicted octanol–water partition coefficient (Wildman–Crippen LogP) is 0.631. The van der Waals surface area contributed by atoms with Crippen LogP contribution in [0.2, 0.25) is 0 Å². The maximum atomic E-state index is 13.6. The number of hydrogen-bond acceptors (Lipinski definition) is 6. The van der Waals surface area contributed by atoms with Crippen molar-refractivity contribution in [1.29, 1.82) is 0 Å². The van der Waals surface area contributed by atoms with E-state index in [1.54, 1.807) is 4.68 Å². The van der Waals surface area contributed by atoms with Crippen molar-refractivity contribution in [3.8, 4) is 0 Å². The highest BCUT2D eigenvalue weighted by molar-refractivity contribution is 5.85. The molecule has 4 rings (SSSR count). The van der Waals surface area contributed by atoms with Crippen LogP contribution >= 0.6 is 0 Å². The number of aryl methyl sites for hydroxylation is 1. The molecule has 8 nitrogen and oxygen atoms in total. The van der Waals surface area contributed by atoms with Gasteiger partial charge in [0.15, 0.2) is 0 Å². The van der Waals surface area contributed by atoms with Crippen LogP contribution < -0.4 is 0 Å². The molecule has 1 N–H and O–H groups in total. The van der Waals surface area contributed by atoms with Gasteiger partial charge in [-0.05, 0) is 45.8 Å². The zero-order valence-electron chi connectivity index (χ0n) is 17.8. The number of piperidine rings is 2. The fraction of sp³-hybridized carbons (Fsp3) is 0.810. The molecule has 0 aromatic carbocycles. The number of ether oxygens (including phenoxy) is 1. The second kappa shape index (κ2) is 8.71. The molecule has 0 bridgehead atoms. The van der Waals surface area contributed by atoms with E-state index in [0.717, 1.165) is 38.3 Å². The third-order valence-electron chi connectivity index (χ3n) is 6.78. The Bertz CT molecular complexity index is 694. The van der Waals surface area contributed by atoms with Crippen molar-refractivity contribution in [3.05, 3.63) is 18.0 Å². The SMILES string of the molecule is CN1CCC(O)(C(=O)N2CCO[C@@H](CN3CCCCC3)[C@@H]2c2cnn(C)c2)CC1. The molecule has 3 aliphatic rings. The van der Waals surface area contributed by atoms with Gasteiger partial charge in [-0.25, -0.2) is 0 Å². The van der Waals surface area contributed by atoms with Gasteiger partial charge in [0.05, 0.1) is 24.9 Å². The first-order chi connectivity index (χ1) is 14.0. The van der Waals surface area contributed by atoms with E-state index in [0.29, 0.717) is 26.0 Å². The van der Waals surface area contributed by atoms with Gasteiger partial charge in [-0.2, -0.15) is 5.10 Å². The summed E-state index contributed by atoms with van der Waals surface area (Å²) in [6.45, 7) is 5.48. The number of morpholine rings is 1. The molecule has 1 amide bonds. The summed E-state index contributed by atoms with van der Waals surface area (Å²) in [5.74, 6) is -0.147. The van der Waals surface area contributed by atoms with E-state index in [-0.39, 0.29) is 18.1 Å². The lowest BCUT2D eigenvalue weighted by Crippen LogP contribution is -2.60. The third-order valence-corrected chi connectivity index (χ3v) is 6.78. The fourth-order valence-corrected chi connectivity index (χ4v) is 4.97. The highest BCUT2D eigenvalue weighted by atomic mass is 16.5. The van der Waals surface area contributed by atoms with Crippen molar-refractivity contribution in [3.63, 3.8) is 0 Å². The molecule has 29 heavy (non-hydrogen) atoms. The Morgan fingerprint density at radius 3 is 2.55 bits per heavy atom. The van der Waals surface area contributed by atoms with Gasteiger partial charge in [0, 0.05) is 45.0 Å². The number of rotatable bonds is 4. The lowest BCUT2D eigenvalue weighted by atomic mass is 9.88. The Hall–Kier alpha value is -1.48. The van der Waals surface area contributed by atoms with Gasteiger partial charge in [-0.1, -0.05) is 6.42 Å². The van der Waals surface area contributed by atoms with Crippen LogP contribution in [-0.2, 0) is 16.6 Å². The molecule has 2 atom stereocenters. The summed E-state index contributed by atoms with van der Waals surface area (Å²) in [6.07, 6.45) is 8.40. The van der Waals surface area contributed by atoms with E-state index < -0.39 is 5.60 Å². The smallest absolute Gasteiger partial charge is 0.255 e. The van der Waals surface area contributed by atoms with Gasteiger partial charge in [0.25, 0.3) is 5.91 Å². The summed E-state index contributed by atoms with van der Waals surface area (Å²) >= 11 is 0. The average molecular weight is 406 g/mol. The van der Waals surface area contributed by atoms with Gasteiger partial charge < -0.3 is 24.5 Å². The summed E-state index contributed by atoms with van der Waals surface area (Å²) in [5.41, 5.74) is -0.293. The van der Waals surface area contributed by atoms with Gasteiger partial charge in [0.1, 0.15) is 5.60 Å². The lowest BCUT2D eigenvalue weighted by molar-refractivity contribution is -0.171. The first-order valence-corrected chi connectivity index (χ1v) is 11.0. The number of carbonyl (C=O) groups is 1. The summed E-state index contributed by atoms with van der Waals surface area (Å²) < 4.78 is 7.98. The first-order valence-electron chi connectivity index (χ1n) is 11.0. The van der Waals surface area contributed by atoms with Crippen LogP contribution in [0.15, 0.2) is 12.4 Å². The Labute approximate surface area is 173 Å². The molecule has 3 aliphatic heterocycles.